The van der Waals surface area contributed by atoms with Crippen LogP contribution in [-0.2, 0) is 23.8 Å². The van der Waals surface area contributed by atoms with Crippen molar-refractivity contribution >= 4 is 11.9 Å². The summed E-state index contributed by atoms with van der Waals surface area (Å²) in [6.45, 7) is 7.93. The molecule has 3 aliphatic carbocycles. The summed E-state index contributed by atoms with van der Waals surface area (Å²) >= 11 is 0. The topological polar surface area (TPSA) is 82.1 Å². The maximum absolute atomic E-state index is 15.0. The molecular formula is C27H30F12O6. The maximum atomic E-state index is 15.0. The van der Waals surface area contributed by atoms with Gasteiger partial charge in [0.2, 0.25) is 0 Å². The van der Waals surface area contributed by atoms with E-state index in [9.17, 15) is 41.0 Å². The summed E-state index contributed by atoms with van der Waals surface area (Å²) in [5.41, 5.74) is -20.6. The molecule has 18 heteroatoms. The third-order valence-corrected chi connectivity index (χ3v) is 8.91. The number of hydrogen-bond donors (Lipinski definition) is 1. The molecule has 4 atom stereocenters. The van der Waals surface area contributed by atoms with Gasteiger partial charge in [0.15, 0.2) is 11.2 Å². The third kappa shape index (κ3) is 5.60. The van der Waals surface area contributed by atoms with Crippen molar-refractivity contribution in [2.45, 2.75) is 118 Å². The summed E-state index contributed by atoms with van der Waals surface area (Å²) in [5, 5.41) is 10.5. The Morgan fingerprint density at radius 1 is 0.711 bits per heavy atom. The Labute approximate surface area is 248 Å². The molecule has 1 N–H and O–H groups in total. The first kappa shape index (κ1) is 37.0. The van der Waals surface area contributed by atoms with Gasteiger partial charge < -0.3 is 19.3 Å². The lowest BCUT2D eigenvalue weighted by Gasteiger charge is -2.55. The van der Waals surface area contributed by atoms with Gasteiger partial charge >= 0.3 is 36.6 Å². The number of hydrogen-bond acceptors (Lipinski definition) is 6. The molecule has 0 amide bonds. The first-order chi connectivity index (χ1) is 20.1. The SMILES string of the molecule is C=C(C)C(=O)OC1(C(OC2CC3CC2C(OC(=O)C(=C)C)(C(O)(C(F)(F)F)C(F)(F)F)C3)(C(F)(F)F)C(F)(F)F)CCCCC1. The minimum absolute atomic E-state index is 0.0937. The molecule has 0 aliphatic heterocycles. The van der Waals surface area contributed by atoms with Gasteiger partial charge in [0.1, 0.15) is 0 Å². The van der Waals surface area contributed by atoms with Crippen molar-refractivity contribution < 1.29 is 81.6 Å². The number of halogens is 12. The maximum Gasteiger partial charge on any atom is 0.430 e. The monoisotopic (exact) mass is 678 g/mol. The van der Waals surface area contributed by atoms with E-state index >= 15 is 26.3 Å². The van der Waals surface area contributed by atoms with Crippen LogP contribution in [0.15, 0.2) is 24.3 Å². The van der Waals surface area contributed by atoms with E-state index in [2.05, 4.69) is 17.9 Å². The van der Waals surface area contributed by atoms with Crippen LogP contribution in [-0.4, -0.2) is 70.3 Å². The molecule has 0 aromatic heterocycles. The fraction of sp³-hybridized carbons (Fsp3) is 0.778. The highest BCUT2D eigenvalue weighted by Gasteiger charge is 2.88. The lowest BCUT2D eigenvalue weighted by molar-refractivity contribution is -0.449. The minimum Gasteiger partial charge on any atom is -0.452 e. The van der Waals surface area contributed by atoms with Gasteiger partial charge in [-0.3, -0.25) is 0 Å². The fourth-order valence-corrected chi connectivity index (χ4v) is 7.03. The lowest BCUT2D eigenvalue weighted by atomic mass is 9.68. The van der Waals surface area contributed by atoms with Crippen molar-refractivity contribution in [1.82, 2.24) is 0 Å². The Balaban J connectivity index is 2.33. The minimum atomic E-state index is -6.71. The van der Waals surface area contributed by atoms with Gasteiger partial charge in [0.25, 0.3) is 11.2 Å². The van der Waals surface area contributed by atoms with Gasteiger partial charge in [0, 0.05) is 17.1 Å². The van der Waals surface area contributed by atoms with Crippen LogP contribution in [0, 0.1) is 11.8 Å². The second-order valence-corrected chi connectivity index (χ2v) is 12.0. The highest BCUT2D eigenvalue weighted by atomic mass is 19.4. The fourth-order valence-electron chi connectivity index (χ4n) is 7.03. The van der Waals surface area contributed by atoms with E-state index in [1.165, 1.54) is 0 Å². The summed E-state index contributed by atoms with van der Waals surface area (Å²) < 4.78 is 190. The molecule has 0 spiro atoms. The smallest absolute Gasteiger partial charge is 0.430 e. The molecule has 0 aromatic carbocycles. The number of esters is 2. The van der Waals surface area contributed by atoms with Crippen LogP contribution in [0.5, 0.6) is 0 Å². The Morgan fingerprint density at radius 3 is 1.53 bits per heavy atom. The average Bonchev–Trinajstić information content (AvgIpc) is 3.42. The summed E-state index contributed by atoms with van der Waals surface area (Å²) in [6.07, 6.45) is -35.4. The van der Waals surface area contributed by atoms with Gasteiger partial charge in [-0.2, -0.15) is 52.7 Å². The van der Waals surface area contributed by atoms with Crippen LogP contribution in [0.3, 0.4) is 0 Å². The number of alkyl halides is 12. The van der Waals surface area contributed by atoms with Crippen molar-refractivity contribution in [3.63, 3.8) is 0 Å². The molecule has 3 aliphatic rings. The highest BCUT2D eigenvalue weighted by molar-refractivity contribution is 5.88. The number of carbonyl (C=O) groups excluding carboxylic acids is 2. The molecular weight excluding hydrogens is 648 g/mol. The average molecular weight is 679 g/mol. The summed E-state index contributed by atoms with van der Waals surface area (Å²) in [6, 6.07) is 0. The van der Waals surface area contributed by atoms with Crippen molar-refractivity contribution in [1.29, 1.82) is 0 Å². The number of carbonyl (C=O) groups is 2. The van der Waals surface area contributed by atoms with Crippen LogP contribution in [0.1, 0.15) is 65.2 Å². The van der Waals surface area contributed by atoms with E-state index in [1.54, 1.807) is 0 Å². The van der Waals surface area contributed by atoms with Crippen molar-refractivity contribution in [2.75, 3.05) is 0 Å². The second kappa shape index (κ2) is 11.3. The van der Waals surface area contributed by atoms with E-state index in [4.69, 9.17) is 9.47 Å². The molecule has 3 rings (SSSR count). The van der Waals surface area contributed by atoms with Gasteiger partial charge in [-0.1, -0.05) is 19.6 Å². The van der Waals surface area contributed by atoms with Crippen LogP contribution in [0.25, 0.3) is 0 Å². The van der Waals surface area contributed by atoms with E-state index in [0.29, 0.717) is 0 Å². The Bertz CT molecular complexity index is 1170. The first-order valence-electron chi connectivity index (χ1n) is 13.6. The highest BCUT2D eigenvalue weighted by Crippen LogP contribution is 2.67. The summed E-state index contributed by atoms with van der Waals surface area (Å²) in [4.78, 5) is 24.9. The Kier molecular flexibility index (Phi) is 9.31. The number of fused-ring (bicyclic) bond motifs is 2. The van der Waals surface area contributed by atoms with E-state index in [1.807, 2.05) is 0 Å². The van der Waals surface area contributed by atoms with Gasteiger partial charge in [-0.05, 0) is 64.7 Å². The number of aliphatic hydroxyl groups is 1. The van der Waals surface area contributed by atoms with Crippen LogP contribution in [0.4, 0.5) is 52.7 Å². The Hall–Kier alpha value is -2.50. The standard InChI is InChI=1S/C27H30F12O6/c1-13(2)18(40)44-20(8-6-5-7-9-20)23(26(34,35)36,27(37,38)39)43-17-11-15-10-16(17)21(12-15,45-19(41)14(3)4)22(42,24(28,29)30)25(31,32)33/h15-17,42H,1,3,5-12H2,2,4H3. The molecule has 6 nitrogen and oxygen atoms in total. The molecule has 2 bridgehead atoms. The second-order valence-electron chi connectivity index (χ2n) is 12.0. The third-order valence-electron chi connectivity index (χ3n) is 8.91. The first-order valence-corrected chi connectivity index (χ1v) is 13.6. The lowest BCUT2D eigenvalue weighted by Crippen LogP contribution is -2.77. The van der Waals surface area contributed by atoms with Gasteiger partial charge in [-0.25, -0.2) is 9.59 Å². The molecule has 0 aromatic rings. The summed E-state index contributed by atoms with van der Waals surface area (Å²) in [7, 11) is 0. The number of rotatable bonds is 8. The molecule has 45 heavy (non-hydrogen) atoms. The van der Waals surface area contributed by atoms with Crippen molar-refractivity contribution in [3.05, 3.63) is 24.3 Å². The largest absolute Gasteiger partial charge is 0.452 e. The number of ether oxygens (including phenoxy) is 3. The van der Waals surface area contributed by atoms with Crippen LogP contribution in [0.2, 0.25) is 0 Å². The zero-order chi connectivity index (χ0) is 34.8. The molecule has 258 valence electrons. The predicted octanol–water partition coefficient (Wildman–Crippen LogP) is 7.20. The van der Waals surface area contributed by atoms with Crippen LogP contribution >= 0.6 is 0 Å². The van der Waals surface area contributed by atoms with Crippen molar-refractivity contribution in [2.24, 2.45) is 11.8 Å². The zero-order valence-corrected chi connectivity index (χ0v) is 23.8. The molecule has 0 heterocycles. The Morgan fingerprint density at radius 2 is 1.16 bits per heavy atom. The van der Waals surface area contributed by atoms with E-state index in [-0.39, 0.29) is 19.3 Å². The van der Waals surface area contributed by atoms with E-state index in [0.717, 1.165) is 13.8 Å². The zero-order valence-electron chi connectivity index (χ0n) is 23.8. The normalized spacial score (nSPS) is 27.7. The van der Waals surface area contributed by atoms with Gasteiger partial charge in [-0.15, -0.1) is 0 Å². The van der Waals surface area contributed by atoms with Crippen molar-refractivity contribution in [3.8, 4) is 0 Å². The quantitative estimate of drug-likeness (QED) is 0.166. The predicted molar refractivity (Wildman–Crippen MR) is 128 cm³/mol. The van der Waals surface area contributed by atoms with E-state index < -0.39 is 120 Å². The molecule has 4 unspecified atom stereocenters. The molecule has 0 radical (unpaired) electrons. The summed E-state index contributed by atoms with van der Waals surface area (Å²) in [5.74, 6) is -7.85. The molecule has 3 saturated carbocycles. The van der Waals surface area contributed by atoms with Gasteiger partial charge in [0.05, 0.1) is 6.10 Å². The van der Waals surface area contributed by atoms with Crippen LogP contribution < -0.4 is 0 Å². The molecule has 3 fully saturated rings. The molecule has 0 saturated heterocycles.